The lowest BCUT2D eigenvalue weighted by Crippen LogP contribution is -2.26. The molecular weight excluding hydrogens is 274 g/mol. The molecule has 22 heavy (non-hydrogen) atoms. The minimum atomic E-state index is -0.00563. The molecule has 4 heteroatoms. The Hall–Kier alpha value is -2.04. The molecule has 0 spiro atoms. The molecule has 0 saturated heterocycles. The minimum Gasteiger partial charge on any atom is -0.497 e. The number of hydrogen-bond acceptors (Lipinski definition) is 4. The van der Waals surface area contributed by atoms with E-state index in [2.05, 4.69) is 54.0 Å². The molecule has 0 fully saturated rings. The first kappa shape index (κ1) is 16.3. The van der Waals surface area contributed by atoms with Crippen LogP contribution >= 0.6 is 0 Å². The second kappa shape index (κ2) is 8.41. The van der Waals surface area contributed by atoms with Gasteiger partial charge in [-0.25, -0.2) is 0 Å². The molecule has 0 unspecified atom stereocenters. The SMILES string of the molecule is CCNc1ccc([C@H](N)CNCc2ccc(OC)cc2)cc1. The Balaban J connectivity index is 1.80. The number of ether oxygens (including phenoxy) is 1. The van der Waals surface area contributed by atoms with E-state index in [9.17, 15) is 0 Å². The molecule has 0 bridgehead atoms. The van der Waals surface area contributed by atoms with Crippen molar-refractivity contribution in [3.63, 3.8) is 0 Å². The number of nitrogens with one attached hydrogen (secondary N) is 2. The first-order chi connectivity index (χ1) is 10.7. The summed E-state index contributed by atoms with van der Waals surface area (Å²) in [4.78, 5) is 0. The van der Waals surface area contributed by atoms with Gasteiger partial charge in [0, 0.05) is 31.4 Å². The van der Waals surface area contributed by atoms with Crippen LogP contribution in [0, 0.1) is 0 Å². The smallest absolute Gasteiger partial charge is 0.118 e. The van der Waals surface area contributed by atoms with E-state index in [1.807, 2.05) is 12.1 Å². The fraction of sp³-hybridized carbons (Fsp3) is 0.333. The van der Waals surface area contributed by atoms with Gasteiger partial charge in [-0.15, -0.1) is 0 Å². The van der Waals surface area contributed by atoms with Gasteiger partial charge in [-0.2, -0.15) is 0 Å². The van der Waals surface area contributed by atoms with Gasteiger partial charge in [0.25, 0.3) is 0 Å². The molecule has 0 aromatic heterocycles. The predicted octanol–water partition coefficient (Wildman–Crippen LogP) is 2.92. The standard InChI is InChI=1S/C18H25N3O/c1-3-21-16-8-6-15(7-9-16)18(19)13-20-12-14-4-10-17(22-2)11-5-14/h4-11,18,20-21H,3,12-13,19H2,1-2H3/t18-/m1/s1. The molecule has 0 saturated carbocycles. The van der Waals surface area contributed by atoms with Crippen molar-refractivity contribution in [2.75, 3.05) is 25.5 Å². The summed E-state index contributed by atoms with van der Waals surface area (Å²) >= 11 is 0. The van der Waals surface area contributed by atoms with Gasteiger partial charge in [0.1, 0.15) is 5.75 Å². The lowest BCUT2D eigenvalue weighted by molar-refractivity contribution is 0.414. The summed E-state index contributed by atoms with van der Waals surface area (Å²) < 4.78 is 5.15. The highest BCUT2D eigenvalue weighted by molar-refractivity contribution is 5.45. The molecule has 4 N–H and O–H groups in total. The normalized spacial score (nSPS) is 12.0. The maximum absolute atomic E-state index is 6.23. The van der Waals surface area contributed by atoms with Crippen molar-refractivity contribution in [3.8, 4) is 5.75 Å². The molecule has 0 aliphatic carbocycles. The van der Waals surface area contributed by atoms with Crippen molar-refractivity contribution >= 4 is 5.69 Å². The largest absolute Gasteiger partial charge is 0.497 e. The van der Waals surface area contributed by atoms with Crippen molar-refractivity contribution < 1.29 is 4.74 Å². The Labute approximate surface area is 132 Å². The molecule has 0 heterocycles. The summed E-state index contributed by atoms with van der Waals surface area (Å²) in [6.45, 7) is 4.55. The molecule has 0 aliphatic rings. The second-order valence-corrected chi connectivity index (χ2v) is 5.24. The summed E-state index contributed by atoms with van der Waals surface area (Å²) in [6.07, 6.45) is 0. The molecule has 0 amide bonds. The number of rotatable bonds is 8. The number of anilines is 1. The van der Waals surface area contributed by atoms with Crippen LogP contribution in [0.5, 0.6) is 5.75 Å². The number of nitrogens with two attached hydrogens (primary N) is 1. The Morgan fingerprint density at radius 3 is 2.32 bits per heavy atom. The van der Waals surface area contributed by atoms with Crippen LogP contribution in [0.15, 0.2) is 48.5 Å². The van der Waals surface area contributed by atoms with Gasteiger partial charge in [0.2, 0.25) is 0 Å². The highest BCUT2D eigenvalue weighted by Crippen LogP contribution is 2.15. The Bertz CT molecular complexity index is 552. The lowest BCUT2D eigenvalue weighted by Gasteiger charge is -2.14. The summed E-state index contributed by atoms with van der Waals surface area (Å²) in [6, 6.07) is 16.4. The summed E-state index contributed by atoms with van der Waals surface area (Å²) in [5, 5.41) is 6.68. The monoisotopic (exact) mass is 299 g/mol. The van der Waals surface area contributed by atoms with Gasteiger partial charge in [0.15, 0.2) is 0 Å². The molecule has 2 rings (SSSR count). The van der Waals surface area contributed by atoms with Gasteiger partial charge in [-0.1, -0.05) is 24.3 Å². The van der Waals surface area contributed by atoms with E-state index in [-0.39, 0.29) is 6.04 Å². The number of hydrogen-bond donors (Lipinski definition) is 3. The zero-order chi connectivity index (χ0) is 15.8. The third-order valence-electron chi connectivity index (χ3n) is 3.57. The van der Waals surface area contributed by atoms with Crippen molar-refractivity contribution in [3.05, 3.63) is 59.7 Å². The Morgan fingerprint density at radius 1 is 1.05 bits per heavy atom. The number of methoxy groups -OCH3 is 1. The fourth-order valence-electron chi connectivity index (χ4n) is 2.29. The van der Waals surface area contributed by atoms with Crippen molar-refractivity contribution in [1.29, 1.82) is 0 Å². The van der Waals surface area contributed by atoms with E-state index in [0.29, 0.717) is 0 Å². The average Bonchev–Trinajstić information content (AvgIpc) is 2.56. The first-order valence-electron chi connectivity index (χ1n) is 7.66. The van der Waals surface area contributed by atoms with Crippen LogP contribution in [-0.4, -0.2) is 20.2 Å². The molecule has 2 aromatic rings. The van der Waals surface area contributed by atoms with Crippen molar-refractivity contribution in [2.45, 2.75) is 19.5 Å². The zero-order valence-electron chi connectivity index (χ0n) is 13.3. The summed E-state index contributed by atoms with van der Waals surface area (Å²) in [5.41, 5.74) is 9.72. The van der Waals surface area contributed by atoms with Crippen molar-refractivity contribution in [2.24, 2.45) is 5.73 Å². The molecular formula is C18H25N3O. The van der Waals surface area contributed by atoms with E-state index in [1.165, 1.54) is 5.56 Å². The number of benzene rings is 2. The Morgan fingerprint density at radius 2 is 1.73 bits per heavy atom. The van der Waals surface area contributed by atoms with Gasteiger partial charge < -0.3 is 21.1 Å². The maximum Gasteiger partial charge on any atom is 0.118 e. The van der Waals surface area contributed by atoms with E-state index >= 15 is 0 Å². The van der Waals surface area contributed by atoms with Crippen LogP contribution in [-0.2, 0) is 6.54 Å². The van der Waals surface area contributed by atoms with Crippen LogP contribution in [0.25, 0.3) is 0 Å². The van der Waals surface area contributed by atoms with E-state index < -0.39 is 0 Å². The van der Waals surface area contributed by atoms with Crippen LogP contribution < -0.4 is 21.1 Å². The maximum atomic E-state index is 6.23. The van der Waals surface area contributed by atoms with Crippen LogP contribution in [0.1, 0.15) is 24.1 Å². The fourth-order valence-corrected chi connectivity index (χ4v) is 2.29. The first-order valence-corrected chi connectivity index (χ1v) is 7.66. The summed E-state index contributed by atoms with van der Waals surface area (Å²) in [5.74, 6) is 0.876. The topological polar surface area (TPSA) is 59.3 Å². The van der Waals surface area contributed by atoms with Gasteiger partial charge >= 0.3 is 0 Å². The third-order valence-corrected chi connectivity index (χ3v) is 3.57. The molecule has 1 atom stereocenters. The van der Waals surface area contributed by atoms with Crippen molar-refractivity contribution in [1.82, 2.24) is 5.32 Å². The van der Waals surface area contributed by atoms with E-state index in [1.54, 1.807) is 7.11 Å². The second-order valence-electron chi connectivity index (χ2n) is 5.24. The molecule has 0 radical (unpaired) electrons. The average molecular weight is 299 g/mol. The quantitative estimate of drug-likeness (QED) is 0.701. The molecule has 0 aliphatic heterocycles. The van der Waals surface area contributed by atoms with E-state index in [4.69, 9.17) is 10.5 Å². The summed E-state index contributed by atoms with van der Waals surface area (Å²) in [7, 11) is 1.67. The lowest BCUT2D eigenvalue weighted by atomic mass is 10.1. The minimum absolute atomic E-state index is 0.00563. The zero-order valence-corrected chi connectivity index (χ0v) is 13.3. The Kier molecular flexibility index (Phi) is 6.25. The van der Waals surface area contributed by atoms with Gasteiger partial charge in [-0.05, 0) is 42.3 Å². The van der Waals surface area contributed by atoms with Gasteiger partial charge in [0.05, 0.1) is 7.11 Å². The molecule has 118 valence electrons. The third kappa shape index (κ3) is 4.76. The molecule has 4 nitrogen and oxygen atoms in total. The van der Waals surface area contributed by atoms with Crippen LogP contribution in [0.2, 0.25) is 0 Å². The highest BCUT2D eigenvalue weighted by atomic mass is 16.5. The van der Waals surface area contributed by atoms with E-state index in [0.717, 1.165) is 36.6 Å². The molecule has 2 aromatic carbocycles. The highest BCUT2D eigenvalue weighted by Gasteiger charge is 2.05. The predicted molar refractivity (Wildman–Crippen MR) is 92.2 cm³/mol. The van der Waals surface area contributed by atoms with Crippen LogP contribution in [0.4, 0.5) is 5.69 Å². The van der Waals surface area contributed by atoms with Crippen LogP contribution in [0.3, 0.4) is 0 Å². The van der Waals surface area contributed by atoms with Gasteiger partial charge in [-0.3, -0.25) is 0 Å².